The Bertz CT molecular complexity index is 476. The molecule has 2 unspecified atom stereocenters. The lowest BCUT2D eigenvalue weighted by atomic mass is 9.86. The fraction of sp³-hybridized carbons (Fsp3) is 0.812. The Balaban J connectivity index is 2.07. The molecule has 1 aromatic rings. The van der Waals surface area contributed by atoms with E-state index < -0.39 is 0 Å². The number of carbonyl (C=O) groups excluding carboxylic acids is 1. The van der Waals surface area contributed by atoms with Crippen LogP contribution in [0, 0.1) is 11.3 Å². The molecule has 0 bridgehead atoms. The van der Waals surface area contributed by atoms with Gasteiger partial charge < -0.3 is 9.26 Å². The van der Waals surface area contributed by atoms with Crippen molar-refractivity contribution >= 4 is 5.78 Å². The Morgan fingerprint density at radius 2 is 2.14 bits per heavy atom. The van der Waals surface area contributed by atoms with Crippen molar-refractivity contribution in [2.75, 3.05) is 6.61 Å². The van der Waals surface area contributed by atoms with Gasteiger partial charge in [-0.3, -0.25) is 4.79 Å². The summed E-state index contributed by atoms with van der Waals surface area (Å²) in [7, 11) is 0. The van der Waals surface area contributed by atoms with Crippen LogP contribution in [0.25, 0.3) is 0 Å². The Kier molecular flexibility index (Phi) is 5.14. The molecule has 1 fully saturated rings. The van der Waals surface area contributed by atoms with Gasteiger partial charge in [0.15, 0.2) is 0 Å². The molecule has 1 aromatic heterocycles. The maximum Gasteiger partial charge on any atom is 0.227 e. The lowest BCUT2D eigenvalue weighted by Crippen LogP contribution is -2.23. The molecule has 21 heavy (non-hydrogen) atoms. The summed E-state index contributed by atoms with van der Waals surface area (Å²) in [6, 6.07) is 0. The topological polar surface area (TPSA) is 65.2 Å². The van der Waals surface area contributed by atoms with Crippen molar-refractivity contribution in [1.29, 1.82) is 0 Å². The van der Waals surface area contributed by atoms with Crippen molar-refractivity contribution in [2.24, 2.45) is 11.3 Å². The zero-order valence-electron chi connectivity index (χ0n) is 13.5. The number of aromatic nitrogens is 2. The zero-order valence-corrected chi connectivity index (χ0v) is 13.5. The Morgan fingerprint density at radius 3 is 2.76 bits per heavy atom. The highest BCUT2D eigenvalue weighted by Gasteiger charge is 2.32. The third-order valence-electron chi connectivity index (χ3n) is 3.94. The fourth-order valence-electron chi connectivity index (χ4n) is 2.82. The minimum atomic E-state index is -0.193. The average Bonchev–Trinajstić information content (AvgIpc) is 2.85. The fourth-order valence-corrected chi connectivity index (χ4v) is 2.82. The second-order valence-electron chi connectivity index (χ2n) is 6.86. The predicted molar refractivity (Wildman–Crippen MR) is 78.8 cm³/mol. The molecular weight excluding hydrogens is 268 g/mol. The van der Waals surface area contributed by atoms with Gasteiger partial charge in [0.1, 0.15) is 11.9 Å². The van der Waals surface area contributed by atoms with Crippen LogP contribution in [0.2, 0.25) is 0 Å². The average molecular weight is 294 g/mol. The summed E-state index contributed by atoms with van der Waals surface area (Å²) in [5, 5.41) is 4.07. The molecule has 118 valence electrons. The van der Waals surface area contributed by atoms with Crippen LogP contribution in [0.5, 0.6) is 0 Å². The smallest absolute Gasteiger partial charge is 0.227 e. The van der Waals surface area contributed by atoms with Crippen LogP contribution < -0.4 is 0 Å². The molecule has 2 rings (SSSR count). The van der Waals surface area contributed by atoms with E-state index in [0.717, 1.165) is 19.3 Å². The SMILES string of the molecule is CCOC(c1noc(CC2CCCCC2=O)n1)C(C)(C)C. The molecular formula is C16H26N2O3. The van der Waals surface area contributed by atoms with Crippen LogP contribution in [0.4, 0.5) is 0 Å². The van der Waals surface area contributed by atoms with Crippen LogP contribution in [0.1, 0.15) is 71.2 Å². The van der Waals surface area contributed by atoms with Crippen LogP contribution in [0.3, 0.4) is 0 Å². The zero-order chi connectivity index (χ0) is 15.5. The molecule has 1 aliphatic rings. The van der Waals surface area contributed by atoms with Gasteiger partial charge in [0.2, 0.25) is 11.7 Å². The molecule has 1 aliphatic carbocycles. The molecule has 1 heterocycles. The second kappa shape index (κ2) is 6.69. The summed E-state index contributed by atoms with van der Waals surface area (Å²) < 4.78 is 11.1. The Morgan fingerprint density at radius 1 is 1.38 bits per heavy atom. The van der Waals surface area contributed by atoms with E-state index in [1.54, 1.807) is 0 Å². The largest absolute Gasteiger partial charge is 0.370 e. The second-order valence-corrected chi connectivity index (χ2v) is 6.86. The summed E-state index contributed by atoms with van der Waals surface area (Å²) >= 11 is 0. The van der Waals surface area contributed by atoms with Gasteiger partial charge in [-0.1, -0.05) is 32.3 Å². The first-order chi connectivity index (χ1) is 9.91. The normalized spacial score (nSPS) is 21.5. The molecule has 0 spiro atoms. The van der Waals surface area contributed by atoms with Gasteiger partial charge in [0, 0.05) is 25.4 Å². The molecule has 0 N–H and O–H groups in total. The third-order valence-corrected chi connectivity index (χ3v) is 3.94. The maximum absolute atomic E-state index is 11.9. The number of hydrogen-bond acceptors (Lipinski definition) is 5. The van der Waals surface area contributed by atoms with E-state index in [4.69, 9.17) is 9.26 Å². The van der Waals surface area contributed by atoms with Gasteiger partial charge in [-0.05, 0) is 25.2 Å². The minimum Gasteiger partial charge on any atom is -0.370 e. The lowest BCUT2D eigenvalue weighted by molar-refractivity contribution is -0.124. The number of nitrogens with zero attached hydrogens (tertiary/aromatic N) is 2. The number of ether oxygens (including phenoxy) is 1. The molecule has 0 saturated heterocycles. The number of hydrogen-bond donors (Lipinski definition) is 0. The minimum absolute atomic E-state index is 0.0484. The summed E-state index contributed by atoms with van der Waals surface area (Å²) in [6.45, 7) is 8.84. The molecule has 0 radical (unpaired) electrons. The lowest BCUT2D eigenvalue weighted by Gasteiger charge is -2.27. The van der Waals surface area contributed by atoms with E-state index in [-0.39, 0.29) is 17.4 Å². The highest BCUT2D eigenvalue weighted by Crippen LogP contribution is 2.34. The van der Waals surface area contributed by atoms with Gasteiger partial charge in [-0.15, -0.1) is 0 Å². The molecule has 5 heteroatoms. The van der Waals surface area contributed by atoms with E-state index in [9.17, 15) is 4.79 Å². The molecule has 0 aliphatic heterocycles. The van der Waals surface area contributed by atoms with Crippen LogP contribution in [0.15, 0.2) is 4.52 Å². The van der Waals surface area contributed by atoms with E-state index in [2.05, 4.69) is 30.9 Å². The van der Waals surface area contributed by atoms with Crippen molar-refractivity contribution in [3.8, 4) is 0 Å². The van der Waals surface area contributed by atoms with Gasteiger partial charge in [0.05, 0.1) is 0 Å². The quantitative estimate of drug-likeness (QED) is 0.831. The molecule has 0 amide bonds. The number of Topliss-reactive ketones (excluding diaryl/α,β-unsaturated/α-hetero) is 1. The van der Waals surface area contributed by atoms with Gasteiger partial charge >= 0.3 is 0 Å². The summed E-state index contributed by atoms with van der Waals surface area (Å²) in [6.07, 6.45) is 4.12. The van der Waals surface area contributed by atoms with Crippen molar-refractivity contribution in [3.05, 3.63) is 11.7 Å². The number of carbonyl (C=O) groups is 1. The number of ketones is 1. The first kappa shape index (κ1) is 16.1. The first-order valence-corrected chi connectivity index (χ1v) is 7.88. The van der Waals surface area contributed by atoms with Gasteiger partial charge in [-0.2, -0.15) is 4.98 Å². The predicted octanol–water partition coefficient (Wildman–Crippen LogP) is 3.50. The van der Waals surface area contributed by atoms with Crippen molar-refractivity contribution in [3.63, 3.8) is 0 Å². The monoisotopic (exact) mass is 294 g/mol. The summed E-state index contributed by atoms with van der Waals surface area (Å²) in [4.78, 5) is 16.4. The summed E-state index contributed by atoms with van der Waals surface area (Å²) in [5.41, 5.74) is -0.0994. The standard InChI is InChI=1S/C16H26N2O3/c1-5-20-14(16(2,3)4)15-17-13(21-18-15)10-11-8-6-7-9-12(11)19/h11,14H,5-10H2,1-4H3. The van der Waals surface area contributed by atoms with Gasteiger partial charge in [0.25, 0.3) is 0 Å². The van der Waals surface area contributed by atoms with Gasteiger partial charge in [-0.25, -0.2) is 0 Å². The number of rotatable bonds is 5. The van der Waals surface area contributed by atoms with E-state index in [0.29, 0.717) is 36.9 Å². The third kappa shape index (κ3) is 4.13. The molecule has 1 saturated carbocycles. The first-order valence-electron chi connectivity index (χ1n) is 7.88. The Hall–Kier alpha value is -1.23. The van der Waals surface area contributed by atoms with E-state index in [1.165, 1.54) is 0 Å². The van der Waals surface area contributed by atoms with E-state index >= 15 is 0 Å². The Labute approximate surface area is 126 Å². The van der Waals surface area contributed by atoms with Crippen LogP contribution >= 0.6 is 0 Å². The molecule has 5 nitrogen and oxygen atoms in total. The van der Waals surface area contributed by atoms with Crippen LogP contribution in [-0.4, -0.2) is 22.5 Å². The van der Waals surface area contributed by atoms with Crippen molar-refractivity contribution in [2.45, 2.75) is 65.9 Å². The van der Waals surface area contributed by atoms with Crippen LogP contribution in [-0.2, 0) is 16.0 Å². The maximum atomic E-state index is 11.9. The highest BCUT2D eigenvalue weighted by molar-refractivity contribution is 5.81. The van der Waals surface area contributed by atoms with Crippen molar-refractivity contribution in [1.82, 2.24) is 10.1 Å². The highest BCUT2D eigenvalue weighted by atomic mass is 16.5. The van der Waals surface area contributed by atoms with E-state index in [1.807, 2.05) is 6.92 Å². The van der Waals surface area contributed by atoms with Crippen molar-refractivity contribution < 1.29 is 14.1 Å². The molecule has 2 atom stereocenters. The molecule has 0 aromatic carbocycles. The summed E-state index contributed by atoms with van der Waals surface area (Å²) in [5.74, 6) is 1.52.